The minimum Gasteiger partial charge on any atom is -0.444 e. The van der Waals surface area contributed by atoms with Crippen LogP contribution in [0, 0.1) is 5.92 Å². The minimum atomic E-state index is -0.508. The second-order valence-electron chi connectivity index (χ2n) is 7.96. The van der Waals surface area contributed by atoms with Crippen LogP contribution in [0.15, 0.2) is 36.4 Å². The summed E-state index contributed by atoms with van der Waals surface area (Å²) in [7, 11) is 0. The molecule has 0 radical (unpaired) electrons. The molecule has 7 heteroatoms. The number of nitrogens with zero attached hydrogens (tertiary/aromatic N) is 2. The molecule has 3 N–H and O–H groups in total. The van der Waals surface area contributed by atoms with Crippen LogP contribution in [0.2, 0.25) is 0 Å². The second-order valence-corrected chi connectivity index (χ2v) is 7.96. The van der Waals surface area contributed by atoms with Crippen molar-refractivity contribution in [3.05, 3.63) is 36.4 Å². The van der Waals surface area contributed by atoms with Gasteiger partial charge in [0.15, 0.2) is 0 Å². The number of benzene rings is 1. The van der Waals surface area contributed by atoms with Crippen LogP contribution in [-0.4, -0.2) is 41.3 Å². The van der Waals surface area contributed by atoms with Crippen LogP contribution in [0.3, 0.4) is 0 Å². The number of alkyl carbamates (subject to hydrolysis) is 1. The fourth-order valence-electron chi connectivity index (χ4n) is 2.34. The summed E-state index contributed by atoms with van der Waals surface area (Å²) in [6.07, 6.45) is -0.429. The second kappa shape index (κ2) is 9.92. The number of nitrogens with one attached hydrogen (secondary N) is 3. The summed E-state index contributed by atoms with van der Waals surface area (Å²) in [6.45, 7) is 11.5. The number of aromatic nitrogens is 2. The number of ether oxygens (including phenoxy) is 1. The van der Waals surface area contributed by atoms with Crippen LogP contribution < -0.4 is 16.0 Å². The highest BCUT2D eigenvalue weighted by Gasteiger charge is 2.15. The van der Waals surface area contributed by atoms with E-state index >= 15 is 0 Å². The topological polar surface area (TPSA) is 88.2 Å². The fraction of sp³-hybridized carbons (Fsp3) is 0.476. The standard InChI is InChI=1S/C21H31N5O2/c1-15(2)14-24-19-25-17(16-9-7-6-8-10-16)13-18(26-19)22-11-12-23-20(27)28-21(3,4)5/h6-10,13,15H,11-12,14H2,1-5H3,(H,23,27)(H2,22,24,25,26). The molecule has 1 heterocycles. The average Bonchev–Trinajstić information content (AvgIpc) is 2.63. The predicted molar refractivity (Wildman–Crippen MR) is 114 cm³/mol. The van der Waals surface area contributed by atoms with Crippen molar-refractivity contribution in [1.82, 2.24) is 15.3 Å². The van der Waals surface area contributed by atoms with E-state index in [0.29, 0.717) is 30.8 Å². The zero-order valence-electron chi connectivity index (χ0n) is 17.4. The molecule has 0 unspecified atom stereocenters. The molecular weight excluding hydrogens is 354 g/mol. The normalized spacial score (nSPS) is 11.2. The summed E-state index contributed by atoms with van der Waals surface area (Å²) in [6, 6.07) is 11.9. The molecule has 28 heavy (non-hydrogen) atoms. The van der Waals surface area contributed by atoms with Gasteiger partial charge in [-0.3, -0.25) is 0 Å². The lowest BCUT2D eigenvalue weighted by molar-refractivity contribution is 0.0530. The quantitative estimate of drug-likeness (QED) is 0.592. The van der Waals surface area contributed by atoms with E-state index in [4.69, 9.17) is 4.74 Å². The van der Waals surface area contributed by atoms with E-state index in [0.717, 1.165) is 17.8 Å². The third-order valence-electron chi connectivity index (χ3n) is 3.56. The molecule has 0 aliphatic heterocycles. The van der Waals surface area contributed by atoms with Gasteiger partial charge >= 0.3 is 6.09 Å². The number of hydrogen-bond donors (Lipinski definition) is 3. The molecule has 7 nitrogen and oxygen atoms in total. The summed E-state index contributed by atoms with van der Waals surface area (Å²) in [5.41, 5.74) is 1.35. The highest BCUT2D eigenvalue weighted by molar-refractivity contribution is 5.67. The largest absolute Gasteiger partial charge is 0.444 e. The van der Waals surface area contributed by atoms with Crippen molar-refractivity contribution in [2.75, 3.05) is 30.3 Å². The van der Waals surface area contributed by atoms with Crippen LogP contribution in [0.4, 0.5) is 16.6 Å². The molecule has 1 aromatic carbocycles. The molecule has 2 rings (SSSR count). The van der Waals surface area contributed by atoms with Crippen LogP contribution in [0.5, 0.6) is 0 Å². The fourth-order valence-corrected chi connectivity index (χ4v) is 2.34. The Morgan fingerprint density at radius 3 is 2.43 bits per heavy atom. The number of rotatable bonds is 8. The minimum absolute atomic E-state index is 0.425. The van der Waals surface area contributed by atoms with Gasteiger partial charge in [-0.25, -0.2) is 9.78 Å². The molecular formula is C21H31N5O2. The van der Waals surface area contributed by atoms with Crippen molar-refractivity contribution in [3.63, 3.8) is 0 Å². The average molecular weight is 386 g/mol. The van der Waals surface area contributed by atoms with Gasteiger partial charge in [-0.2, -0.15) is 4.98 Å². The Labute approximate surface area is 167 Å². The Morgan fingerprint density at radius 1 is 1.07 bits per heavy atom. The van der Waals surface area contributed by atoms with Crippen LogP contribution in [0.1, 0.15) is 34.6 Å². The van der Waals surface area contributed by atoms with Crippen molar-refractivity contribution < 1.29 is 9.53 Å². The van der Waals surface area contributed by atoms with Crippen LogP contribution in [0.25, 0.3) is 11.3 Å². The Morgan fingerprint density at radius 2 is 1.79 bits per heavy atom. The van der Waals surface area contributed by atoms with Crippen LogP contribution in [-0.2, 0) is 4.74 Å². The highest BCUT2D eigenvalue weighted by Crippen LogP contribution is 2.21. The lowest BCUT2D eigenvalue weighted by Gasteiger charge is -2.19. The molecule has 0 spiro atoms. The van der Waals surface area contributed by atoms with E-state index < -0.39 is 11.7 Å². The molecule has 0 saturated carbocycles. The maximum Gasteiger partial charge on any atom is 0.407 e. The zero-order valence-corrected chi connectivity index (χ0v) is 17.4. The number of carbonyl (C=O) groups is 1. The van der Waals surface area contributed by atoms with E-state index in [1.54, 1.807) is 0 Å². The molecule has 2 aromatic rings. The summed E-state index contributed by atoms with van der Waals surface area (Å²) in [5.74, 6) is 1.77. The van der Waals surface area contributed by atoms with Crippen molar-refractivity contribution in [2.45, 2.75) is 40.2 Å². The predicted octanol–water partition coefficient (Wildman–Crippen LogP) is 4.15. The molecule has 152 valence electrons. The van der Waals surface area contributed by atoms with Gasteiger partial charge in [-0.15, -0.1) is 0 Å². The molecule has 0 bridgehead atoms. The van der Waals surface area contributed by atoms with Gasteiger partial charge in [-0.1, -0.05) is 44.2 Å². The molecule has 0 saturated heterocycles. The number of anilines is 2. The lowest BCUT2D eigenvalue weighted by atomic mass is 10.1. The Hall–Kier alpha value is -2.83. The summed E-state index contributed by atoms with van der Waals surface area (Å²) in [4.78, 5) is 20.9. The summed E-state index contributed by atoms with van der Waals surface area (Å²) < 4.78 is 5.23. The first-order valence-corrected chi connectivity index (χ1v) is 9.62. The van der Waals surface area contributed by atoms with Gasteiger partial charge in [-0.05, 0) is 26.7 Å². The third-order valence-corrected chi connectivity index (χ3v) is 3.56. The monoisotopic (exact) mass is 385 g/mol. The van der Waals surface area contributed by atoms with E-state index in [-0.39, 0.29) is 0 Å². The SMILES string of the molecule is CC(C)CNc1nc(NCCNC(=O)OC(C)(C)C)cc(-c2ccccc2)n1. The molecule has 1 aromatic heterocycles. The van der Waals surface area contributed by atoms with E-state index in [1.165, 1.54) is 0 Å². The van der Waals surface area contributed by atoms with Gasteiger partial charge in [0.05, 0.1) is 5.69 Å². The molecule has 0 fully saturated rings. The first-order valence-electron chi connectivity index (χ1n) is 9.62. The molecule has 0 aliphatic rings. The van der Waals surface area contributed by atoms with Crippen LogP contribution >= 0.6 is 0 Å². The van der Waals surface area contributed by atoms with Gasteiger partial charge < -0.3 is 20.7 Å². The summed E-state index contributed by atoms with van der Waals surface area (Å²) in [5, 5.41) is 9.24. The lowest BCUT2D eigenvalue weighted by Crippen LogP contribution is -2.35. The maximum atomic E-state index is 11.7. The third kappa shape index (κ3) is 7.82. The number of amides is 1. The van der Waals surface area contributed by atoms with Crippen molar-refractivity contribution in [3.8, 4) is 11.3 Å². The smallest absolute Gasteiger partial charge is 0.407 e. The Bertz CT molecular complexity index is 757. The van der Waals surface area contributed by atoms with Gasteiger partial charge in [0.2, 0.25) is 5.95 Å². The van der Waals surface area contributed by atoms with Gasteiger partial charge in [0.25, 0.3) is 0 Å². The number of hydrogen-bond acceptors (Lipinski definition) is 6. The Kier molecular flexibility index (Phi) is 7.61. The van der Waals surface area contributed by atoms with Crippen molar-refractivity contribution in [1.29, 1.82) is 0 Å². The highest BCUT2D eigenvalue weighted by atomic mass is 16.6. The van der Waals surface area contributed by atoms with E-state index in [1.807, 2.05) is 57.2 Å². The molecule has 0 atom stereocenters. The van der Waals surface area contributed by atoms with Crippen molar-refractivity contribution >= 4 is 17.9 Å². The number of carbonyl (C=O) groups excluding carboxylic acids is 1. The summed E-state index contributed by atoms with van der Waals surface area (Å²) >= 11 is 0. The molecule has 1 amide bonds. The first kappa shape index (κ1) is 21.5. The van der Waals surface area contributed by atoms with E-state index in [2.05, 4.69) is 39.8 Å². The first-order chi connectivity index (χ1) is 13.2. The molecule has 0 aliphatic carbocycles. The van der Waals surface area contributed by atoms with E-state index in [9.17, 15) is 4.79 Å². The zero-order chi connectivity index (χ0) is 20.6. The van der Waals surface area contributed by atoms with Crippen molar-refractivity contribution in [2.24, 2.45) is 5.92 Å². The Balaban J connectivity index is 2.01. The maximum absolute atomic E-state index is 11.7. The van der Waals surface area contributed by atoms with Gasteiger partial charge in [0.1, 0.15) is 11.4 Å². The van der Waals surface area contributed by atoms with Gasteiger partial charge in [0, 0.05) is 31.3 Å².